The first kappa shape index (κ1) is 21.5. The highest BCUT2D eigenvalue weighted by molar-refractivity contribution is 5.88. The smallest absolute Gasteiger partial charge is 0.221 e. The van der Waals surface area contributed by atoms with Crippen molar-refractivity contribution in [3.05, 3.63) is 59.7 Å². The van der Waals surface area contributed by atoms with Gasteiger partial charge in [0, 0.05) is 51.4 Å². The number of nitrogens with one attached hydrogen (secondary N) is 3. The minimum Gasteiger partial charge on any atom is -0.367 e. The molecule has 0 aromatic heterocycles. The SMILES string of the molecule is CN=C(NCCc1ccc(NC(C)=O)cc1)NC1CCN(c2ccc(F)cc2F)C1. The second-order valence-corrected chi connectivity index (χ2v) is 7.30. The van der Waals surface area contributed by atoms with E-state index in [1.807, 2.05) is 29.2 Å². The summed E-state index contributed by atoms with van der Waals surface area (Å²) < 4.78 is 27.1. The number of hydrogen-bond acceptors (Lipinski definition) is 3. The third-order valence-electron chi connectivity index (χ3n) is 4.98. The fraction of sp³-hybridized carbons (Fsp3) is 0.364. The molecule has 6 nitrogen and oxygen atoms in total. The second-order valence-electron chi connectivity index (χ2n) is 7.30. The molecule has 30 heavy (non-hydrogen) atoms. The van der Waals surface area contributed by atoms with Crippen molar-refractivity contribution in [2.75, 3.05) is 36.9 Å². The first-order valence-electron chi connectivity index (χ1n) is 9.98. The van der Waals surface area contributed by atoms with E-state index in [1.54, 1.807) is 7.05 Å². The van der Waals surface area contributed by atoms with Crippen molar-refractivity contribution in [3.63, 3.8) is 0 Å². The van der Waals surface area contributed by atoms with Crippen LogP contribution in [0.25, 0.3) is 0 Å². The highest BCUT2D eigenvalue weighted by Crippen LogP contribution is 2.24. The summed E-state index contributed by atoms with van der Waals surface area (Å²) in [4.78, 5) is 17.2. The van der Waals surface area contributed by atoms with E-state index in [4.69, 9.17) is 0 Å². The van der Waals surface area contributed by atoms with E-state index in [0.717, 1.165) is 30.2 Å². The van der Waals surface area contributed by atoms with Crippen LogP contribution in [0.5, 0.6) is 0 Å². The van der Waals surface area contributed by atoms with Gasteiger partial charge in [-0.2, -0.15) is 0 Å². The third-order valence-corrected chi connectivity index (χ3v) is 4.98. The molecule has 1 aliphatic rings. The Labute approximate surface area is 175 Å². The molecular formula is C22H27F2N5O. The maximum absolute atomic E-state index is 14.0. The van der Waals surface area contributed by atoms with Crippen LogP contribution < -0.4 is 20.9 Å². The topological polar surface area (TPSA) is 68.8 Å². The minimum absolute atomic E-state index is 0.0908. The van der Waals surface area contributed by atoms with Crippen molar-refractivity contribution >= 4 is 23.2 Å². The molecule has 0 saturated carbocycles. The number of amides is 1. The number of halogens is 2. The number of rotatable bonds is 6. The van der Waals surface area contributed by atoms with Gasteiger partial charge in [0.25, 0.3) is 0 Å². The first-order valence-corrected chi connectivity index (χ1v) is 9.98. The van der Waals surface area contributed by atoms with Crippen LogP contribution in [0.3, 0.4) is 0 Å². The highest BCUT2D eigenvalue weighted by Gasteiger charge is 2.25. The van der Waals surface area contributed by atoms with E-state index in [0.29, 0.717) is 31.3 Å². The number of carbonyl (C=O) groups excluding carboxylic acids is 1. The van der Waals surface area contributed by atoms with Crippen LogP contribution in [-0.2, 0) is 11.2 Å². The van der Waals surface area contributed by atoms with Crippen molar-refractivity contribution in [1.82, 2.24) is 10.6 Å². The molecule has 1 heterocycles. The fourth-order valence-electron chi connectivity index (χ4n) is 3.51. The number of nitrogens with zero attached hydrogens (tertiary/aromatic N) is 2. The number of anilines is 2. The lowest BCUT2D eigenvalue weighted by Crippen LogP contribution is -2.45. The summed E-state index contributed by atoms with van der Waals surface area (Å²) in [7, 11) is 1.71. The fourth-order valence-corrected chi connectivity index (χ4v) is 3.51. The van der Waals surface area contributed by atoms with Crippen LogP contribution in [0.1, 0.15) is 18.9 Å². The maximum atomic E-state index is 14.0. The van der Waals surface area contributed by atoms with Gasteiger partial charge in [0.05, 0.1) is 5.69 Å². The molecule has 1 aliphatic heterocycles. The number of hydrogen-bond donors (Lipinski definition) is 3. The molecule has 3 N–H and O–H groups in total. The van der Waals surface area contributed by atoms with Crippen LogP contribution in [-0.4, -0.2) is 44.6 Å². The molecule has 2 aromatic rings. The summed E-state index contributed by atoms with van der Waals surface area (Å²) in [6.07, 6.45) is 1.64. The summed E-state index contributed by atoms with van der Waals surface area (Å²) in [6, 6.07) is 11.5. The predicted molar refractivity (Wildman–Crippen MR) is 116 cm³/mol. The lowest BCUT2D eigenvalue weighted by molar-refractivity contribution is -0.114. The Morgan fingerprint density at radius 1 is 1.20 bits per heavy atom. The summed E-state index contributed by atoms with van der Waals surface area (Å²) in [5, 5.41) is 9.41. The molecule has 1 saturated heterocycles. The lowest BCUT2D eigenvalue weighted by Gasteiger charge is -2.21. The molecule has 1 atom stereocenters. The van der Waals surface area contributed by atoms with Crippen molar-refractivity contribution in [2.24, 2.45) is 4.99 Å². The number of carbonyl (C=O) groups is 1. The van der Waals surface area contributed by atoms with Gasteiger partial charge in [-0.1, -0.05) is 12.1 Å². The van der Waals surface area contributed by atoms with Gasteiger partial charge in [0.2, 0.25) is 5.91 Å². The Morgan fingerprint density at radius 3 is 2.63 bits per heavy atom. The van der Waals surface area contributed by atoms with Crippen molar-refractivity contribution < 1.29 is 13.6 Å². The molecule has 0 aliphatic carbocycles. The van der Waals surface area contributed by atoms with Gasteiger partial charge in [-0.3, -0.25) is 9.79 Å². The van der Waals surface area contributed by atoms with Gasteiger partial charge in [-0.15, -0.1) is 0 Å². The third kappa shape index (κ3) is 5.92. The molecule has 0 bridgehead atoms. The Hall–Kier alpha value is -3.16. The van der Waals surface area contributed by atoms with E-state index >= 15 is 0 Å². The van der Waals surface area contributed by atoms with Gasteiger partial charge >= 0.3 is 0 Å². The minimum atomic E-state index is -0.570. The lowest BCUT2D eigenvalue weighted by atomic mass is 10.1. The first-order chi connectivity index (χ1) is 14.4. The Balaban J connectivity index is 1.45. The molecule has 8 heteroatoms. The van der Waals surface area contributed by atoms with Crippen LogP contribution in [0, 0.1) is 11.6 Å². The summed E-state index contributed by atoms with van der Waals surface area (Å²) in [6.45, 7) is 3.49. The largest absolute Gasteiger partial charge is 0.367 e. The Morgan fingerprint density at radius 2 is 1.97 bits per heavy atom. The van der Waals surface area contributed by atoms with Crippen molar-refractivity contribution in [1.29, 1.82) is 0 Å². The molecule has 1 amide bonds. The van der Waals surface area contributed by atoms with E-state index in [1.165, 1.54) is 19.1 Å². The van der Waals surface area contributed by atoms with Crippen LogP contribution in [0.2, 0.25) is 0 Å². The van der Waals surface area contributed by atoms with E-state index in [2.05, 4.69) is 20.9 Å². The quantitative estimate of drug-likeness (QED) is 0.501. The van der Waals surface area contributed by atoms with E-state index < -0.39 is 11.6 Å². The average Bonchev–Trinajstić information content (AvgIpc) is 3.16. The highest BCUT2D eigenvalue weighted by atomic mass is 19.1. The standard InChI is InChI=1S/C22H27F2N5O/c1-15(30)27-18-6-3-16(4-7-18)9-11-26-22(25-2)28-19-10-12-29(14-19)21-8-5-17(23)13-20(21)24/h3-8,13,19H,9-12,14H2,1-2H3,(H,27,30)(H2,25,26,28). The zero-order valence-electron chi connectivity index (χ0n) is 17.2. The van der Waals surface area contributed by atoms with Gasteiger partial charge in [-0.05, 0) is 42.7 Å². The predicted octanol–water partition coefficient (Wildman–Crippen LogP) is 2.91. The second kappa shape index (κ2) is 10.0. The van der Waals surface area contributed by atoms with Crippen molar-refractivity contribution in [3.8, 4) is 0 Å². The Bertz CT molecular complexity index is 901. The zero-order chi connectivity index (χ0) is 21.5. The molecule has 160 valence electrons. The van der Waals surface area contributed by atoms with Crippen LogP contribution in [0.15, 0.2) is 47.5 Å². The summed E-state index contributed by atoms with van der Waals surface area (Å²) >= 11 is 0. The van der Waals surface area contributed by atoms with Crippen LogP contribution >= 0.6 is 0 Å². The summed E-state index contributed by atoms with van der Waals surface area (Å²) in [5.74, 6) is -0.509. The molecule has 0 spiro atoms. The Kier molecular flexibility index (Phi) is 7.21. The molecule has 0 radical (unpaired) electrons. The summed E-state index contributed by atoms with van der Waals surface area (Å²) in [5.41, 5.74) is 2.34. The maximum Gasteiger partial charge on any atom is 0.221 e. The van der Waals surface area contributed by atoms with E-state index in [-0.39, 0.29) is 11.9 Å². The van der Waals surface area contributed by atoms with E-state index in [9.17, 15) is 13.6 Å². The average molecular weight is 415 g/mol. The van der Waals surface area contributed by atoms with Crippen molar-refractivity contribution in [2.45, 2.75) is 25.8 Å². The van der Waals surface area contributed by atoms with Crippen LogP contribution in [0.4, 0.5) is 20.2 Å². The van der Waals surface area contributed by atoms with Gasteiger partial charge in [0.1, 0.15) is 11.6 Å². The molecule has 3 rings (SSSR count). The zero-order valence-corrected chi connectivity index (χ0v) is 17.2. The number of guanidine groups is 1. The molecule has 1 unspecified atom stereocenters. The van der Waals surface area contributed by atoms with Gasteiger partial charge in [-0.25, -0.2) is 8.78 Å². The molecule has 2 aromatic carbocycles. The molecule has 1 fully saturated rings. The van der Waals surface area contributed by atoms with Gasteiger partial charge < -0.3 is 20.9 Å². The molecular weight excluding hydrogens is 388 g/mol. The number of aliphatic imine (C=N–C) groups is 1. The monoisotopic (exact) mass is 415 g/mol. The normalized spacial score (nSPS) is 16.5. The number of benzene rings is 2. The van der Waals surface area contributed by atoms with Gasteiger partial charge in [0.15, 0.2) is 5.96 Å².